The number of benzene rings is 1. The molecule has 90 valence electrons. The highest BCUT2D eigenvalue weighted by Gasteiger charge is 1.92. The van der Waals surface area contributed by atoms with Gasteiger partial charge in [0.25, 0.3) is 0 Å². The molecular weight excluding hydrogens is 214 g/mol. The molecule has 3 nitrogen and oxygen atoms in total. The fraction of sp³-hybridized carbons (Fsp3) is 0.214. The lowest BCUT2D eigenvalue weighted by molar-refractivity contribution is -0.110. The van der Waals surface area contributed by atoms with Crippen molar-refractivity contribution < 1.29 is 9.53 Å². The largest absolute Gasteiger partial charge is 0.497 e. The van der Waals surface area contributed by atoms with E-state index in [0.717, 1.165) is 11.3 Å². The fourth-order valence-corrected chi connectivity index (χ4v) is 1.17. The summed E-state index contributed by atoms with van der Waals surface area (Å²) < 4.78 is 5.05. The van der Waals surface area contributed by atoms with Gasteiger partial charge in [-0.3, -0.25) is 4.79 Å². The van der Waals surface area contributed by atoms with Crippen LogP contribution < -0.4 is 4.74 Å². The van der Waals surface area contributed by atoms with E-state index >= 15 is 0 Å². The number of allylic oxidation sites excluding steroid dienone is 2. The molecule has 17 heavy (non-hydrogen) atoms. The number of hydrogen-bond acceptors (Lipinski definition) is 3. The monoisotopic (exact) mass is 231 g/mol. The predicted molar refractivity (Wildman–Crippen MR) is 69.9 cm³/mol. The van der Waals surface area contributed by atoms with Crippen LogP contribution in [0, 0.1) is 0 Å². The van der Waals surface area contributed by atoms with Crippen LogP contribution in [-0.2, 0) is 4.79 Å². The lowest BCUT2D eigenvalue weighted by atomic mass is 10.2. The van der Waals surface area contributed by atoms with Crippen LogP contribution >= 0.6 is 0 Å². The van der Waals surface area contributed by atoms with Crippen LogP contribution in [0.1, 0.15) is 5.56 Å². The van der Waals surface area contributed by atoms with Crippen LogP contribution in [0.3, 0.4) is 0 Å². The molecule has 0 aliphatic heterocycles. The van der Waals surface area contributed by atoms with E-state index < -0.39 is 0 Å². The number of methoxy groups -OCH3 is 1. The number of carbonyl (C=O) groups excluding carboxylic acids is 1. The summed E-state index contributed by atoms with van der Waals surface area (Å²) in [6, 6.07) is 7.52. The predicted octanol–water partition coefficient (Wildman–Crippen LogP) is 2.35. The molecule has 1 aromatic rings. The fourth-order valence-electron chi connectivity index (χ4n) is 1.17. The maximum atomic E-state index is 11.4. The Morgan fingerprint density at radius 3 is 2.35 bits per heavy atom. The normalized spacial score (nSPS) is 11.0. The van der Waals surface area contributed by atoms with E-state index in [-0.39, 0.29) is 5.78 Å². The molecule has 0 aromatic heterocycles. The molecule has 0 fully saturated rings. The number of rotatable bonds is 5. The third-order valence-corrected chi connectivity index (χ3v) is 2.09. The summed E-state index contributed by atoms with van der Waals surface area (Å²) in [6.45, 7) is 0. The van der Waals surface area contributed by atoms with E-state index in [0.29, 0.717) is 0 Å². The van der Waals surface area contributed by atoms with Gasteiger partial charge in [-0.1, -0.05) is 18.2 Å². The van der Waals surface area contributed by atoms with E-state index in [9.17, 15) is 4.79 Å². The Morgan fingerprint density at radius 2 is 1.82 bits per heavy atom. The average molecular weight is 231 g/mol. The minimum absolute atomic E-state index is 0.0329. The molecule has 0 amide bonds. The van der Waals surface area contributed by atoms with Crippen LogP contribution in [0.5, 0.6) is 5.75 Å². The maximum Gasteiger partial charge on any atom is 0.180 e. The Kier molecular flexibility index (Phi) is 5.01. The summed E-state index contributed by atoms with van der Waals surface area (Å²) in [5.74, 6) is 0.774. The first kappa shape index (κ1) is 13.0. The summed E-state index contributed by atoms with van der Waals surface area (Å²) in [6.07, 6.45) is 6.57. The third kappa shape index (κ3) is 5.02. The van der Waals surface area contributed by atoms with Crippen molar-refractivity contribution in [1.29, 1.82) is 0 Å². The van der Waals surface area contributed by atoms with Crippen molar-refractivity contribution in [2.24, 2.45) is 0 Å². The molecule has 0 aliphatic rings. The highest BCUT2D eigenvalue weighted by molar-refractivity contribution is 6.01. The van der Waals surface area contributed by atoms with Gasteiger partial charge in [-0.05, 0) is 23.8 Å². The minimum atomic E-state index is -0.0329. The van der Waals surface area contributed by atoms with E-state index in [1.165, 1.54) is 6.08 Å². The molecule has 0 saturated heterocycles. The van der Waals surface area contributed by atoms with Crippen LogP contribution in [0.15, 0.2) is 42.6 Å². The second-order valence-corrected chi connectivity index (χ2v) is 3.79. The van der Waals surface area contributed by atoms with E-state index in [2.05, 4.69) is 0 Å². The Labute approximate surface area is 102 Å². The number of ether oxygens (including phenoxy) is 1. The van der Waals surface area contributed by atoms with Gasteiger partial charge in [-0.2, -0.15) is 0 Å². The average Bonchev–Trinajstić information content (AvgIpc) is 2.34. The lowest BCUT2D eigenvalue weighted by Crippen LogP contribution is -2.01. The maximum absolute atomic E-state index is 11.4. The molecule has 0 unspecified atom stereocenters. The highest BCUT2D eigenvalue weighted by Crippen LogP contribution is 2.12. The molecule has 0 saturated carbocycles. The molecule has 0 bridgehead atoms. The SMILES string of the molecule is COc1ccc(/C=C/C(=O)C=CN(C)C)cc1. The zero-order valence-electron chi connectivity index (χ0n) is 10.4. The van der Waals surface area contributed by atoms with Gasteiger partial charge in [0.05, 0.1) is 7.11 Å². The number of hydrogen-bond donors (Lipinski definition) is 0. The van der Waals surface area contributed by atoms with Crippen molar-refractivity contribution in [2.45, 2.75) is 0 Å². The van der Waals surface area contributed by atoms with Gasteiger partial charge in [0, 0.05) is 26.4 Å². The Balaban J connectivity index is 2.60. The second-order valence-electron chi connectivity index (χ2n) is 3.79. The van der Waals surface area contributed by atoms with Crippen molar-refractivity contribution in [1.82, 2.24) is 4.90 Å². The van der Waals surface area contributed by atoms with Gasteiger partial charge in [0.15, 0.2) is 5.78 Å². The van der Waals surface area contributed by atoms with Crippen molar-refractivity contribution in [3.63, 3.8) is 0 Å². The van der Waals surface area contributed by atoms with Crippen LogP contribution in [0.25, 0.3) is 6.08 Å². The van der Waals surface area contributed by atoms with Crippen LogP contribution in [0.4, 0.5) is 0 Å². The van der Waals surface area contributed by atoms with Gasteiger partial charge in [-0.25, -0.2) is 0 Å². The number of carbonyl (C=O) groups is 1. The number of ketones is 1. The summed E-state index contributed by atoms with van der Waals surface area (Å²) in [5, 5.41) is 0. The quantitative estimate of drug-likeness (QED) is 0.728. The van der Waals surface area contributed by atoms with Gasteiger partial charge in [0.2, 0.25) is 0 Å². The second kappa shape index (κ2) is 6.53. The molecular formula is C14H17NO2. The van der Waals surface area contributed by atoms with Crippen LogP contribution in [0.2, 0.25) is 0 Å². The highest BCUT2D eigenvalue weighted by atomic mass is 16.5. The van der Waals surface area contributed by atoms with Crippen molar-refractivity contribution in [3.8, 4) is 5.75 Å². The summed E-state index contributed by atoms with van der Waals surface area (Å²) in [4.78, 5) is 13.2. The molecule has 0 N–H and O–H groups in total. The first-order chi connectivity index (χ1) is 8.11. The summed E-state index contributed by atoms with van der Waals surface area (Å²) in [7, 11) is 5.37. The Bertz CT molecular complexity index is 416. The first-order valence-corrected chi connectivity index (χ1v) is 5.32. The van der Waals surface area contributed by atoms with E-state index in [1.807, 2.05) is 43.3 Å². The molecule has 0 atom stereocenters. The molecule has 0 heterocycles. The smallest absolute Gasteiger partial charge is 0.180 e. The minimum Gasteiger partial charge on any atom is -0.497 e. The van der Waals surface area contributed by atoms with E-state index in [4.69, 9.17) is 4.74 Å². The third-order valence-electron chi connectivity index (χ3n) is 2.09. The topological polar surface area (TPSA) is 29.5 Å². The first-order valence-electron chi connectivity index (χ1n) is 5.32. The molecule has 3 heteroatoms. The van der Waals surface area contributed by atoms with Gasteiger partial charge < -0.3 is 9.64 Å². The summed E-state index contributed by atoms with van der Waals surface area (Å²) >= 11 is 0. The molecule has 1 aromatic carbocycles. The van der Waals surface area contributed by atoms with Crippen LogP contribution in [-0.4, -0.2) is 31.9 Å². The lowest BCUT2D eigenvalue weighted by Gasteiger charge is -2.01. The molecule has 0 radical (unpaired) electrons. The summed E-state index contributed by atoms with van der Waals surface area (Å²) in [5.41, 5.74) is 0.970. The number of nitrogens with zero attached hydrogens (tertiary/aromatic N) is 1. The molecule has 1 rings (SSSR count). The Hall–Kier alpha value is -2.03. The zero-order valence-corrected chi connectivity index (χ0v) is 10.4. The van der Waals surface area contributed by atoms with Crippen molar-refractivity contribution in [2.75, 3.05) is 21.2 Å². The standard InChI is InChI=1S/C14H17NO2/c1-15(2)11-10-13(16)7-4-12-5-8-14(17-3)9-6-12/h4-11H,1-3H3/b7-4+,11-10?. The molecule has 0 spiro atoms. The van der Waals surface area contributed by atoms with E-state index in [1.54, 1.807) is 25.5 Å². The van der Waals surface area contributed by atoms with Gasteiger partial charge >= 0.3 is 0 Å². The molecule has 0 aliphatic carbocycles. The van der Waals surface area contributed by atoms with Gasteiger partial charge in [0.1, 0.15) is 5.75 Å². The Morgan fingerprint density at radius 1 is 1.18 bits per heavy atom. The zero-order chi connectivity index (χ0) is 12.7. The van der Waals surface area contributed by atoms with Crippen molar-refractivity contribution in [3.05, 3.63) is 48.2 Å². The van der Waals surface area contributed by atoms with Gasteiger partial charge in [-0.15, -0.1) is 0 Å². The van der Waals surface area contributed by atoms with Crippen molar-refractivity contribution >= 4 is 11.9 Å².